The van der Waals surface area contributed by atoms with E-state index in [1.165, 1.54) is 51.5 Å². The van der Waals surface area contributed by atoms with E-state index in [0.29, 0.717) is 128 Å². The van der Waals surface area contributed by atoms with E-state index in [0.717, 1.165) is 31.6 Å². The number of carbonyl (C=O) groups is 8. The van der Waals surface area contributed by atoms with Crippen molar-refractivity contribution in [2.45, 2.75) is 139 Å². The summed E-state index contributed by atoms with van der Waals surface area (Å²) >= 11 is 0. The van der Waals surface area contributed by atoms with Gasteiger partial charge in [0, 0.05) is 109 Å². The van der Waals surface area contributed by atoms with Crippen LogP contribution in [0.1, 0.15) is 124 Å². The first kappa shape index (κ1) is 90.5. The van der Waals surface area contributed by atoms with Gasteiger partial charge in [-0.3, -0.25) is 65.0 Å². The van der Waals surface area contributed by atoms with Crippen molar-refractivity contribution in [2.24, 2.45) is 0 Å². The van der Waals surface area contributed by atoms with E-state index in [2.05, 4.69) is 86.2 Å². The highest BCUT2D eigenvalue weighted by Gasteiger charge is 2.46. The monoisotopic (exact) mass is 1790 g/mol. The van der Waals surface area contributed by atoms with Crippen molar-refractivity contribution in [3.63, 3.8) is 0 Å². The van der Waals surface area contributed by atoms with Crippen LogP contribution in [0.2, 0.25) is 0 Å². The molecule has 128 heavy (non-hydrogen) atoms. The number of halogens is 10. The van der Waals surface area contributed by atoms with E-state index < -0.39 is 117 Å². The number of Topliss-reactive ketones (excluding diaryl/α,β-unsaturated/α-hetero) is 3. The van der Waals surface area contributed by atoms with E-state index in [1.54, 1.807) is 109 Å². The molecular formula is C83H85F10N23O12. The average Bonchev–Trinajstić information content (AvgIpc) is 1.58. The van der Waals surface area contributed by atoms with Gasteiger partial charge in [0.15, 0.2) is 58.1 Å². The fourth-order valence-electron chi connectivity index (χ4n) is 15.6. The molecule has 17 rings (SSSR count). The largest absolute Gasteiger partial charge is 0.441 e. The molecule has 4 saturated heterocycles. The minimum absolute atomic E-state index is 0.0740. The van der Waals surface area contributed by atoms with Crippen LogP contribution in [0.3, 0.4) is 0 Å². The third-order valence-electron chi connectivity index (χ3n) is 22.0. The third kappa shape index (κ3) is 21.8. The fraction of sp³-hybridized carbons (Fsp3) is 0.398. The van der Waals surface area contributed by atoms with Gasteiger partial charge >= 0.3 is 36.5 Å². The number of aliphatic hydroxyl groups excluding tert-OH is 3. The number of anilines is 12. The molecule has 35 nitrogen and oxygen atoms in total. The zero-order chi connectivity index (χ0) is 90.9. The van der Waals surface area contributed by atoms with E-state index >= 15 is 0 Å². The number of ketones is 3. The molecule has 45 heteroatoms. The summed E-state index contributed by atoms with van der Waals surface area (Å²) in [5.41, 5.74) is 3.76. The number of aliphatic hydroxyl groups is 3. The lowest BCUT2D eigenvalue weighted by Gasteiger charge is -2.35. The van der Waals surface area contributed by atoms with E-state index in [-0.39, 0.29) is 89.3 Å². The Morgan fingerprint density at radius 2 is 0.883 bits per heavy atom. The van der Waals surface area contributed by atoms with Gasteiger partial charge in [0.05, 0.1) is 103 Å². The predicted molar refractivity (Wildman–Crippen MR) is 445 cm³/mol. The molecule has 17 heterocycles. The van der Waals surface area contributed by atoms with E-state index in [1.807, 2.05) is 9.80 Å². The minimum atomic E-state index is -4.45. The Bertz CT molecular complexity index is 5560. The van der Waals surface area contributed by atoms with Gasteiger partial charge in [-0.05, 0) is 123 Å². The van der Waals surface area contributed by atoms with E-state index in [4.69, 9.17) is 14.6 Å². The van der Waals surface area contributed by atoms with Crippen LogP contribution >= 0.6 is 0 Å². The molecule has 8 aliphatic rings. The Labute approximate surface area is 722 Å². The molecule has 4 fully saturated rings. The van der Waals surface area contributed by atoms with Crippen molar-refractivity contribution >= 4 is 117 Å². The molecule has 0 unspecified atom stereocenters. The van der Waals surface area contributed by atoms with Gasteiger partial charge in [0.2, 0.25) is 6.43 Å². The molecule has 9 aromatic heterocycles. The van der Waals surface area contributed by atoms with Crippen LogP contribution in [0.4, 0.5) is 132 Å². The zero-order valence-electron chi connectivity index (χ0n) is 68.3. The molecule has 8 aliphatic heterocycles. The van der Waals surface area contributed by atoms with Crippen LogP contribution in [0, 0.1) is 6.92 Å². The Kier molecular flexibility index (Phi) is 27.6. The molecule has 0 aliphatic carbocycles. The number of nitrogens with one attached hydrogen (secondary N) is 5. The first-order valence-electron chi connectivity index (χ1n) is 40.8. The summed E-state index contributed by atoms with van der Waals surface area (Å²) in [5.74, 6) is -2.75. The van der Waals surface area contributed by atoms with Crippen molar-refractivity contribution < 1.29 is 102 Å². The summed E-state index contributed by atoms with van der Waals surface area (Å²) in [5, 5.41) is 40.0. The highest BCUT2D eigenvalue weighted by Crippen LogP contribution is 2.45. The van der Waals surface area contributed by atoms with Gasteiger partial charge in [-0.2, -0.15) is 26.3 Å². The number of pyridine rings is 7. The summed E-state index contributed by atoms with van der Waals surface area (Å²) in [6, 6.07) is 23.6. The van der Waals surface area contributed by atoms with Gasteiger partial charge in [-0.25, -0.2) is 81.6 Å². The number of aromatic nitrogens is 10. The van der Waals surface area contributed by atoms with Gasteiger partial charge < -0.3 is 44.7 Å². The first-order chi connectivity index (χ1) is 61.2. The Balaban J connectivity index is 0.000000139. The van der Waals surface area contributed by atoms with Crippen molar-refractivity contribution in [1.82, 2.24) is 55.2 Å². The number of amides is 9. The SMILES string of the molecule is Cc1ncc(-c2ccnc(NC(=O)N3c4nc(C(=O)CCC(F)(F)F)ccc4N4CC[C@H]3C4)c2)o1.O=C(CCC(F)(F)F)c1ccc2c(n1)N(C(=O)Nc1cnc(CC[C@@H](O)CO)cn1)[C@H]1CCN2C1.O=C(CCC(F)F)c1ccc2c(n1)N(C(=O)Nc1ccccn1)[C@H]1CCN2C1.O=C(NCC(F)(F)CO)c1ccc2c(n1)N(C(=O)Nc1ccccn1)[C@H]1CCN2C1. The lowest BCUT2D eigenvalue weighted by atomic mass is 10.1. The number of fused-ring (bicyclic) bond motifs is 16. The second kappa shape index (κ2) is 39.0. The topological polar surface area (TPSA) is 425 Å². The number of hydrogen-bond acceptors (Lipinski definition) is 26. The molecular weight excluding hydrogens is 1700 g/mol. The average molecular weight is 1790 g/mol. The van der Waals surface area contributed by atoms with Gasteiger partial charge in [0.25, 0.3) is 11.8 Å². The molecule has 0 spiro atoms. The number of alkyl halides is 10. The van der Waals surface area contributed by atoms with Crippen molar-refractivity contribution in [2.75, 3.05) is 133 Å². The number of rotatable bonds is 23. The summed E-state index contributed by atoms with van der Waals surface area (Å²) in [7, 11) is 0. The zero-order valence-corrected chi connectivity index (χ0v) is 68.3. The number of urea groups is 4. The molecule has 8 N–H and O–H groups in total. The smallest absolute Gasteiger partial charge is 0.389 e. The van der Waals surface area contributed by atoms with Crippen molar-refractivity contribution in [3.8, 4) is 11.3 Å². The molecule has 9 amide bonds. The Morgan fingerprint density at radius 3 is 1.27 bits per heavy atom. The molecule has 0 saturated carbocycles. The van der Waals surface area contributed by atoms with Crippen molar-refractivity contribution in [1.29, 1.82) is 0 Å². The molecule has 5 atom stereocenters. The number of aryl methyl sites for hydroxylation is 2. The van der Waals surface area contributed by atoms with Gasteiger partial charge in [0.1, 0.15) is 46.8 Å². The van der Waals surface area contributed by atoms with Gasteiger partial charge in [-0.15, -0.1) is 0 Å². The molecule has 0 radical (unpaired) electrons. The number of oxazole rings is 1. The predicted octanol–water partition coefficient (Wildman–Crippen LogP) is 11.7. The molecule has 0 aromatic carbocycles. The standard InChI is InChI=1S/C23H21F3N6O3.C22H25F3N6O4.C19H20F2N6O3.C19H19F2N5O2/c1-13-28-11-19(35-13)14-5-8-27-20(10-14)30-22(34)32-15-6-9-31(12-15)17-3-2-16(29-21(17)32)18(33)4-7-23(24,25)26;23-22(24,25)7-5-18(34)16-3-4-17-20(28-16)31(14-6-8-30(17)11-14)21(35)29-19-10-26-13(9-27-19)1-2-15(33)12-32;20-19(21,11-28)10-23-17(29)13-4-5-14-16(24-13)27(12-6-8-26(14)9-12)18(30)25-15-3-1-2-7-22-15;20-16(21)7-6-15(27)13-4-5-14-18(23-13)26(12-8-10-25(14)11-12)19(28)24-17-3-1-2-9-22-17/h2-3,5,8,10-11,15H,4,6-7,9,12H2,1H3,(H,27,30,34);3-4,9-10,14-15,32-33H,1-2,5-8,11-12H2,(H,27,29,35);1-5,7,12,28H,6,8-11H2,(H,23,29)(H,22,25,30);1-5,9,12,16H,6-8,10-11H2,(H,22,24,28)/t15-;14-,15+;2*12-/m0000/s1. The van der Waals surface area contributed by atoms with Crippen LogP contribution in [0.25, 0.3) is 11.3 Å². The van der Waals surface area contributed by atoms with E-state index in [9.17, 15) is 87.4 Å². The lowest BCUT2D eigenvalue weighted by Crippen LogP contribution is -2.48. The van der Waals surface area contributed by atoms with Crippen molar-refractivity contribution in [3.05, 3.63) is 169 Å². The Hall–Kier alpha value is -13.7. The quantitative estimate of drug-likeness (QED) is 0.0218. The maximum Gasteiger partial charge on any atom is 0.389 e. The number of hydrogen-bond donors (Lipinski definition) is 8. The first-order valence-corrected chi connectivity index (χ1v) is 40.8. The summed E-state index contributed by atoms with van der Waals surface area (Å²) < 4.78 is 132. The maximum absolute atomic E-state index is 13.4. The summed E-state index contributed by atoms with van der Waals surface area (Å²) in [6.45, 7) is 4.37. The minimum Gasteiger partial charge on any atom is -0.441 e. The van der Waals surface area contributed by atoms with Crippen LogP contribution in [-0.4, -0.2) is 240 Å². The molecule has 8 bridgehead atoms. The highest BCUT2D eigenvalue weighted by atomic mass is 19.4. The summed E-state index contributed by atoms with van der Waals surface area (Å²) in [6.07, 6.45) is -4.30. The maximum atomic E-state index is 13.4. The van der Waals surface area contributed by atoms with Crippen LogP contribution in [-0.2, 0) is 6.42 Å². The second-order valence-corrected chi connectivity index (χ2v) is 30.9. The molecule has 674 valence electrons. The highest BCUT2D eigenvalue weighted by molar-refractivity contribution is 6.09. The number of nitrogens with zero attached hydrogens (tertiary/aromatic N) is 18. The van der Waals surface area contributed by atoms with Crippen LogP contribution < -0.4 is 65.8 Å². The molecule has 9 aromatic rings. The third-order valence-corrected chi connectivity index (χ3v) is 22.0. The Morgan fingerprint density at radius 1 is 0.469 bits per heavy atom. The fourth-order valence-corrected chi connectivity index (χ4v) is 15.6. The van der Waals surface area contributed by atoms with Gasteiger partial charge in [-0.1, -0.05) is 12.1 Å². The van der Waals surface area contributed by atoms with Crippen LogP contribution in [0.15, 0.2) is 139 Å². The number of carbonyl (C=O) groups excluding carboxylic acids is 8. The summed E-state index contributed by atoms with van der Waals surface area (Å²) in [4.78, 5) is 158. The lowest BCUT2D eigenvalue weighted by molar-refractivity contribution is -0.134. The van der Waals surface area contributed by atoms with Crippen LogP contribution in [0.5, 0.6) is 0 Å². The second-order valence-electron chi connectivity index (χ2n) is 30.9. The normalized spacial score (nSPS) is 17.4.